The highest BCUT2D eigenvalue weighted by Crippen LogP contribution is 2.72. The molecule has 0 bridgehead atoms. The van der Waals surface area contributed by atoms with Crippen molar-refractivity contribution in [2.75, 3.05) is 11.9 Å². The van der Waals surface area contributed by atoms with E-state index < -0.39 is 14.1 Å². The Morgan fingerprint density at radius 3 is 2.04 bits per heavy atom. The van der Waals surface area contributed by atoms with Crippen molar-refractivity contribution in [2.24, 2.45) is 23.2 Å². The van der Waals surface area contributed by atoms with Gasteiger partial charge in [-0.15, -0.1) is 0 Å². The zero-order valence-electron chi connectivity index (χ0n) is 32.8. The summed E-state index contributed by atoms with van der Waals surface area (Å²) >= 11 is 6.83. The number of ether oxygens (including phenoxy) is 2. The van der Waals surface area contributed by atoms with Crippen LogP contribution >= 0.6 is 11.6 Å². The lowest BCUT2D eigenvalue weighted by Gasteiger charge is -2.44. The molecule has 1 aliphatic heterocycles. The highest BCUT2D eigenvalue weighted by molar-refractivity contribution is 6.99. The Balaban J connectivity index is 1.07. The number of hydrogen-bond acceptors (Lipinski definition) is 7. The fourth-order valence-electron chi connectivity index (χ4n) is 11.4. The molecule has 8 nitrogen and oxygen atoms in total. The van der Waals surface area contributed by atoms with Crippen molar-refractivity contribution in [3.63, 3.8) is 0 Å². The Labute approximate surface area is 327 Å². The number of imidazole rings is 1. The van der Waals surface area contributed by atoms with Gasteiger partial charge in [0, 0.05) is 18.1 Å². The summed E-state index contributed by atoms with van der Waals surface area (Å²) in [5.74, 6) is 1.64. The van der Waals surface area contributed by atoms with Gasteiger partial charge in [-0.25, -0.2) is 4.98 Å². The lowest BCUT2D eigenvalue weighted by Crippen LogP contribution is -2.67. The zero-order valence-corrected chi connectivity index (χ0v) is 34.5. The molecule has 4 aliphatic carbocycles. The van der Waals surface area contributed by atoms with Crippen LogP contribution in [-0.4, -0.2) is 58.5 Å². The lowest BCUT2D eigenvalue weighted by molar-refractivity contribution is -0.162. The number of hydrogen-bond donors (Lipinski definition) is 1. The Morgan fingerprint density at radius 1 is 0.870 bits per heavy atom. The highest BCUT2D eigenvalue weighted by atomic mass is 35.5. The van der Waals surface area contributed by atoms with Crippen molar-refractivity contribution >= 4 is 47.3 Å². The first-order valence-electron chi connectivity index (χ1n) is 20.8. The van der Waals surface area contributed by atoms with Gasteiger partial charge < -0.3 is 23.8 Å². The number of anilines is 1. The summed E-state index contributed by atoms with van der Waals surface area (Å²) in [6.07, 6.45) is 15.7. The molecule has 9 rings (SSSR count). The van der Waals surface area contributed by atoms with E-state index in [9.17, 15) is 0 Å². The third-order valence-corrected chi connectivity index (χ3v) is 19.1. The van der Waals surface area contributed by atoms with Crippen LogP contribution < -0.4 is 15.7 Å². The first-order chi connectivity index (χ1) is 26.0. The maximum absolute atomic E-state index is 7.64. The number of aromatic nitrogens is 4. The minimum Gasteiger partial charge on any atom is -0.407 e. The van der Waals surface area contributed by atoms with Gasteiger partial charge in [-0.05, 0) is 90.7 Å². The third kappa shape index (κ3) is 6.25. The molecule has 4 aromatic rings. The van der Waals surface area contributed by atoms with Crippen molar-refractivity contribution in [1.29, 1.82) is 0 Å². The average Bonchev–Trinajstić information content (AvgIpc) is 3.43. The van der Waals surface area contributed by atoms with E-state index in [1.165, 1.54) is 74.6 Å². The van der Waals surface area contributed by atoms with E-state index in [0.29, 0.717) is 24.5 Å². The SMILES string of the molecule is CC1(C)O[C@H]2[C@H](n3cnc4c(NC(C5CCCCC5)C5CCCCC5)nc(Cl)nc43)[C@H]3C[C@@]3(CO[Si](c3ccccc3)(c3ccccc3)C(C)(C)C)[C@H]2O1. The summed E-state index contributed by atoms with van der Waals surface area (Å²) in [5.41, 5.74) is 1.38. The van der Waals surface area contributed by atoms with Crippen LogP contribution in [0.2, 0.25) is 10.3 Å². The van der Waals surface area contributed by atoms with Crippen molar-refractivity contribution in [1.82, 2.24) is 19.5 Å². The van der Waals surface area contributed by atoms with Crippen LogP contribution in [0.5, 0.6) is 0 Å². The Kier molecular flexibility index (Phi) is 9.52. The van der Waals surface area contributed by atoms with Gasteiger partial charge in [0.25, 0.3) is 8.32 Å². The molecule has 5 fully saturated rings. The van der Waals surface area contributed by atoms with Gasteiger partial charge in [-0.3, -0.25) is 0 Å². The number of fused-ring (bicyclic) bond motifs is 4. The maximum atomic E-state index is 7.64. The fourth-order valence-corrected chi connectivity index (χ4v) is 16.2. The van der Waals surface area contributed by atoms with E-state index >= 15 is 0 Å². The number of benzene rings is 2. The summed E-state index contributed by atoms with van der Waals surface area (Å²) in [6, 6.07) is 22.2. The molecule has 3 heterocycles. The predicted molar refractivity (Wildman–Crippen MR) is 218 cm³/mol. The molecule has 5 aliphatic rings. The first-order valence-corrected chi connectivity index (χ1v) is 23.1. The van der Waals surface area contributed by atoms with Crippen LogP contribution in [0.15, 0.2) is 67.0 Å². The number of halogens is 1. The molecule has 0 radical (unpaired) electrons. The van der Waals surface area contributed by atoms with E-state index in [1.807, 2.05) is 20.2 Å². The molecule has 5 atom stereocenters. The second-order valence-corrected chi connectivity index (χ2v) is 23.3. The number of nitrogens with zero attached hydrogens (tertiary/aromatic N) is 4. The number of rotatable bonds is 10. The van der Waals surface area contributed by atoms with Crippen LogP contribution in [-0.2, 0) is 13.9 Å². The second kappa shape index (κ2) is 14.0. The quantitative estimate of drug-likeness (QED) is 0.127. The Bertz CT molecular complexity index is 1880. The summed E-state index contributed by atoms with van der Waals surface area (Å²) in [7, 11) is -2.77. The highest BCUT2D eigenvalue weighted by Gasteiger charge is 2.76. The van der Waals surface area contributed by atoms with Gasteiger partial charge in [0.05, 0.1) is 18.5 Å². The standard InChI is InChI=1S/C44H58ClN5O3Si/c1-42(2,3)54(31-22-14-8-15-23-31,32-24-16-9-17-25-32)51-27-44-26-33(44)36(37-38(44)53-43(4,5)52-37)50-28-46-35-39(48-41(45)49-40(35)50)47-34(29-18-10-6-11-19-29)30-20-12-7-13-21-30/h8-9,14-17,22-25,28-30,33-34,36-38H,6-7,10-13,18-21,26-27H2,1-5H3,(H,47,48,49)/t33-,36-,37+,38+,44+/m1/s1. The van der Waals surface area contributed by atoms with Gasteiger partial charge in [-0.2, -0.15) is 9.97 Å². The van der Waals surface area contributed by atoms with E-state index in [1.54, 1.807) is 0 Å². The third-order valence-electron chi connectivity index (χ3n) is 13.9. The molecular formula is C44H58ClN5O3Si. The molecule has 4 saturated carbocycles. The average molecular weight is 769 g/mol. The fraction of sp³-hybridized carbons (Fsp3) is 0.614. The Morgan fingerprint density at radius 2 is 1.46 bits per heavy atom. The van der Waals surface area contributed by atoms with Crippen LogP contribution in [0.3, 0.4) is 0 Å². The molecule has 0 amide bonds. The molecule has 10 heteroatoms. The van der Waals surface area contributed by atoms with E-state index in [-0.39, 0.29) is 39.9 Å². The minimum atomic E-state index is -2.77. The van der Waals surface area contributed by atoms with Crippen LogP contribution in [0, 0.1) is 23.2 Å². The maximum Gasteiger partial charge on any atom is 0.261 e. The van der Waals surface area contributed by atoms with Crippen LogP contribution in [0.1, 0.15) is 111 Å². The molecule has 2 aromatic carbocycles. The second-order valence-electron chi connectivity index (χ2n) is 18.6. The topological polar surface area (TPSA) is 83.3 Å². The van der Waals surface area contributed by atoms with E-state index in [0.717, 1.165) is 23.4 Å². The molecule has 54 heavy (non-hydrogen) atoms. The van der Waals surface area contributed by atoms with Gasteiger partial charge in [0.2, 0.25) is 5.28 Å². The molecule has 288 valence electrons. The lowest BCUT2D eigenvalue weighted by atomic mass is 9.74. The normalized spacial score (nSPS) is 28.7. The largest absolute Gasteiger partial charge is 0.407 e. The van der Waals surface area contributed by atoms with Crippen LogP contribution in [0.25, 0.3) is 11.2 Å². The van der Waals surface area contributed by atoms with E-state index in [2.05, 4.69) is 91.3 Å². The van der Waals surface area contributed by atoms with Crippen molar-refractivity contribution in [3.05, 3.63) is 72.3 Å². The summed E-state index contributed by atoms with van der Waals surface area (Å²) in [4.78, 5) is 14.8. The number of nitrogens with one attached hydrogen (secondary N) is 1. The van der Waals surface area contributed by atoms with Gasteiger partial charge in [-0.1, -0.05) is 120 Å². The summed E-state index contributed by atoms with van der Waals surface area (Å²) < 4.78 is 23.6. The summed E-state index contributed by atoms with van der Waals surface area (Å²) in [6.45, 7) is 11.7. The predicted octanol–water partition coefficient (Wildman–Crippen LogP) is 9.08. The van der Waals surface area contributed by atoms with Gasteiger partial charge in [0.1, 0.15) is 6.10 Å². The molecule has 1 saturated heterocycles. The molecular weight excluding hydrogens is 710 g/mol. The molecule has 0 unspecified atom stereocenters. The van der Waals surface area contributed by atoms with Gasteiger partial charge >= 0.3 is 0 Å². The summed E-state index contributed by atoms with van der Waals surface area (Å²) in [5, 5.41) is 6.71. The monoisotopic (exact) mass is 767 g/mol. The van der Waals surface area contributed by atoms with Crippen molar-refractivity contribution < 1.29 is 13.9 Å². The van der Waals surface area contributed by atoms with Crippen molar-refractivity contribution in [2.45, 2.75) is 140 Å². The Hall–Kier alpha value is -2.82. The van der Waals surface area contributed by atoms with E-state index in [4.69, 9.17) is 40.5 Å². The van der Waals surface area contributed by atoms with Crippen LogP contribution in [0.4, 0.5) is 5.82 Å². The first kappa shape index (κ1) is 36.8. The minimum absolute atomic E-state index is 0.0177. The molecule has 0 spiro atoms. The van der Waals surface area contributed by atoms with Gasteiger partial charge in [0.15, 0.2) is 22.8 Å². The molecule has 2 aromatic heterocycles. The zero-order chi connectivity index (χ0) is 37.3. The van der Waals surface area contributed by atoms with Crippen molar-refractivity contribution in [3.8, 4) is 0 Å². The smallest absolute Gasteiger partial charge is 0.261 e. The molecule has 1 N–H and O–H groups in total.